The summed E-state index contributed by atoms with van der Waals surface area (Å²) in [6, 6.07) is 8.31. The molecule has 0 radical (unpaired) electrons. The molecule has 3 atom stereocenters. The minimum atomic E-state index is -1.58. The molecule has 0 aromatic carbocycles. The Morgan fingerprint density at radius 1 is 1.38 bits per heavy atom. The molecular weight excluding hydrogens is 318 g/mol. The topological polar surface area (TPSA) is 98.5 Å². The molecular formula is C18H17N5S. The summed E-state index contributed by atoms with van der Waals surface area (Å²) in [5.41, 5.74) is 0.168. The predicted molar refractivity (Wildman–Crippen MR) is 91.2 cm³/mol. The van der Waals surface area contributed by atoms with Crippen LogP contribution in [0, 0.1) is 56.7 Å². The lowest BCUT2D eigenvalue weighted by Gasteiger charge is -2.47. The average Bonchev–Trinajstić information content (AvgIpc) is 3.14. The standard InChI is InChI=1S/C18H17N5S/c1-2-23-5-3-13-14(7-19)17(22)18(10-20,11-21)16(15(13)8-23)12-4-6-24-9-12/h3-4,6,9,14-16,22H,2,5,8H2,1H3/t14?,15-,16-/m0/s1. The summed E-state index contributed by atoms with van der Waals surface area (Å²) in [4.78, 5) is 2.25. The highest BCUT2D eigenvalue weighted by molar-refractivity contribution is 7.08. The molecule has 1 aromatic heterocycles. The van der Waals surface area contributed by atoms with E-state index in [9.17, 15) is 15.8 Å². The molecule has 120 valence electrons. The van der Waals surface area contributed by atoms with Gasteiger partial charge in [0.2, 0.25) is 0 Å². The molecule has 0 saturated heterocycles. The van der Waals surface area contributed by atoms with Gasteiger partial charge in [-0.15, -0.1) is 0 Å². The fourth-order valence-electron chi connectivity index (χ4n) is 3.95. The van der Waals surface area contributed by atoms with Crippen LogP contribution in [-0.4, -0.2) is 30.2 Å². The lowest BCUT2D eigenvalue weighted by molar-refractivity contribution is 0.212. The zero-order valence-corrected chi connectivity index (χ0v) is 14.2. The Labute approximate surface area is 145 Å². The van der Waals surface area contributed by atoms with Crippen molar-refractivity contribution in [2.75, 3.05) is 19.6 Å². The van der Waals surface area contributed by atoms with Crippen LogP contribution in [0.4, 0.5) is 0 Å². The third kappa shape index (κ3) is 2.18. The van der Waals surface area contributed by atoms with Crippen molar-refractivity contribution in [2.45, 2.75) is 12.8 Å². The fraction of sp³-hybridized carbons (Fsp3) is 0.444. The van der Waals surface area contributed by atoms with Crippen LogP contribution in [-0.2, 0) is 0 Å². The van der Waals surface area contributed by atoms with Gasteiger partial charge in [-0.05, 0) is 34.5 Å². The summed E-state index contributed by atoms with van der Waals surface area (Å²) in [5.74, 6) is -1.27. The maximum absolute atomic E-state index is 9.86. The van der Waals surface area contributed by atoms with Gasteiger partial charge in [0.1, 0.15) is 5.92 Å². The predicted octanol–water partition coefficient (Wildman–Crippen LogP) is 2.92. The van der Waals surface area contributed by atoms with Gasteiger partial charge in [-0.2, -0.15) is 27.1 Å². The molecule has 1 aliphatic carbocycles. The minimum Gasteiger partial charge on any atom is -0.305 e. The van der Waals surface area contributed by atoms with E-state index in [0.717, 1.165) is 24.2 Å². The molecule has 2 aliphatic rings. The highest BCUT2D eigenvalue weighted by Gasteiger charge is 2.57. The number of rotatable bonds is 2. The molecule has 3 rings (SSSR count). The molecule has 1 saturated carbocycles. The number of thiophene rings is 1. The van der Waals surface area contributed by atoms with Crippen LogP contribution in [0.2, 0.25) is 0 Å². The van der Waals surface area contributed by atoms with Gasteiger partial charge >= 0.3 is 0 Å². The summed E-state index contributed by atoms with van der Waals surface area (Å²) in [7, 11) is 0. The number of nitrogens with one attached hydrogen (secondary N) is 1. The van der Waals surface area contributed by atoms with E-state index in [2.05, 4.69) is 30.0 Å². The Morgan fingerprint density at radius 2 is 2.12 bits per heavy atom. The monoisotopic (exact) mass is 335 g/mol. The summed E-state index contributed by atoms with van der Waals surface area (Å²) in [6.45, 7) is 4.40. The van der Waals surface area contributed by atoms with Crippen molar-refractivity contribution in [2.24, 2.45) is 17.3 Å². The van der Waals surface area contributed by atoms with Crippen LogP contribution in [0.3, 0.4) is 0 Å². The van der Waals surface area contributed by atoms with Crippen LogP contribution >= 0.6 is 11.3 Å². The van der Waals surface area contributed by atoms with E-state index in [-0.39, 0.29) is 11.6 Å². The molecule has 0 bridgehead atoms. The number of fused-ring (bicyclic) bond motifs is 1. The lowest BCUT2D eigenvalue weighted by Crippen LogP contribution is -2.52. The van der Waals surface area contributed by atoms with Crippen LogP contribution in [0.25, 0.3) is 0 Å². The normalized spacial score (nSPS) is 28.8. The van der Waals surface area contributed by atoms with E-state index in [1.54, 1.807) is 0 Å². The summed E-state index contributed by atoms with van der Waals surface area (Å²) >= 11 is 1.52. The molecule has 1 aromatic rings. The SMILES string of the molecule is CCN1CC=C2C(C#N)C(=N)C(C#N)(C#N)[C@@H](c3ccsc3)[C@H]2C1. The van der Waals surface area contributed by atoms with Crippen LogP contribution in [0.15, 0.2) is 28.5 Å². The van der Waals surface area contributed by atoms with Crippen molar-refractivity contribution in [1.29, 1.82) is 21.2 Å². The van der Waals surface area contributed by atoms with Crippen LogP contribution in [0.5, 0.6) is 0 Å². The number of hydrogen-bond acceptors (Lipinski definition) is 6. The highest BCUT2D eigenvalue weighted by Crippen LogP contribution is 2.53. The van der Waals surface area contributed by atoms with Gasteiger partial charge in [0.15, 0.2) is 5.41 Å². The van der Waals surface area contributed by atoms with Crippen molar-refractivity contribution in [1.82, 2.24) is 4.90 Å². The van der Waals surface area contributed by atoms with E-state index in [4.69, 9.17) is 5.41 Å². The molecule has 5 nitrogen and oxygen atoms in total. The molecule has 0 amide bonds. The number of likely N-dealkylation sites (N-methyl/N-ethyl adjacent to an activating group) is 1. The molecule has 2 heterocycles. The number of nitriles is 3. The Morgan fingerprint density at radius 3 is 2.67 bits per heavy atom. The molecule has 1 unspecified atom stereocenters. The largest absolute Gasteiger partial charge is 0.305 e. The Bertz CT molecular complexity index is 788. The van der Waals surface area contributed by atoms with E-state index in [1.807, 2.05) is 22.9 Å². The molecule has 24 heavy (non-hydrogen) atoms. The Kier molecular flexibility index (Phi) is 4.24. The molecule has 1 N–H and O–H groups in total. The van der Waals surface area contributed by atoms with Gasteiger partial charge in [0.25, 0.3) is 0 Å². The zero-order chi connectivity index (χ0) is 17.3. The first-order valence-corrected chi connectivity index (χ1v) is 8.82. The summed E-state index contributed by atoms with van der Waals surface area (Å²) in [5, 5.41) is 41.7. The first kappa shape index (κ1) is 16.4. The Balaban J connectivity index is 2.23. The molecule has 1 fully saturated rings. The molecule has 0 spiro atoms. The van der Waals surface area contributed by atoms with Gasteiger partial charge < -0.3 is 5.41 Å². The maximum Gasteiger partial charge on any atom is 0.189 e. The first-order chi connectivity index (χ1) is 11.6. The Hall–Kier alpha value is -2.46. The van der Waals surface area contributed by atoms with Crippen LogP contribution < -0.4 is 0 Å². The second-order valence-electron chi connectivity index (χ2n) is 6.20. The van der Waals surface area contributed by atoms with Crippen LogP contribution in [0.1, 0.15) is 18.4 Å². The second kappa shape index (κ2) is 6.21. The lowest BCUT2D eigenvalue weighted by atomic mass is 9.54. The summed E-state index contributed by atoms with van der Waals surface area (Å²) < 4.78 is 0. The van der Waals surface area contributed by atoms with E-state index >= 15 is 0 Å². The van der Waals surface area contributed by atoms with E-state index in [0.29, 0.717) is 6.54 Å². The fourth-order valence-corrected chi connectivity index (χ4v) is 4.65. The zero-order valence-electron chi connectivity index (χ0n) is 13.4. The van der Waals surface area contributed by atoms with Crippen molar-refractivity contribution in [3.63, 3.8) is 0 Å². The number of hydrogen-bond donors (Lipinski definition) is 1. The third-order valence-corrected chi connectivity index (χ3v) is 5.92. The smallest absolute Gasteiger partial charge is 0.189 e. The van der Waals surface area contributed by atoms with E-state index < -0.39 is 17.3 Å². The van der Waals surface area contributed by atoms with Gasteiger partial charge in [-0.1, -0.05) is 13.0 Å². The van der Waals surface area contributed by atoms with Gasteiger partial charge in [0, 0.05) is 24.9 Å². The number of nitrogens with zero attached hydrogens (tertiary/aromatic N) is 4. The maximum atomic E-state index is 9.86. The average molecular weight is 335 g/mol. The first-order valence-electron chi connectivity index (χ1n) is 7.88. The van der Waals surface area contributed by atoms with Crippen molar-refractivity contribution >= 4 is 17.0 Å². The highest BCUT2D eigenvalue weighted by atomic mass is 32.1. The molecule has 6 heteroatoms. The van der Waals surface area contributed by atoms with Crippen molar-refractivity contribution < 1.29 is 0 Å². The van der Waals surface area contributed by atoms with Gasteiger partial charge in [0.05, 0.1) is 23.9 Å². The quantitative estimate of drug-likeness (QED) is 0.840. The van der Waals surface area contributed by atoms with Crippen molar-refractivity contribution in [3.8, 4) is 18.2 Å². The third-order valence-electron chi connectivity index (χ3n) is 5.22. The second-order valence-corrected chi connectivity index (χ2v) is 6.98. The summed E-state index contributed by atoms with van der Waals surface area (Å²) in [6.07, 6.45) is 2.03. The van der Waals surface area contributed by atoms with Crippen molar-refractivity contribution in [3.05, 3.63) is 34.0 Å². The van der Waals surface area contributed by atoms with Gasteiger partial charge in [-0.25, -0.2) is 0 Å². The molecule has 1 aliphatic heterocycles. The van der Waals surface area contributed by atoms with Gasteiger partial charge in [-0.3, -0.25) is 4.90 Å². The van der Waals surface area contributed by atoms with E-state index in [1.165, 1.54) is 11.3 Å². The minimum absolute atomic E-state index is 0.0707.